The zero-order valence-electron chi connectivity index (χ0n) is 15.0. The standard InChI is InChI=1S/C19H15ClF3NO5/c1-10(17(25)24-14-9-12(19(21,22)23)3-4-13(14)20)29-18(26)11-2-5-15-16(8-11)28-7-6-27-15/h2-5,8-10H,6-7H2,1H3,(H,24,25)/t10-/m1/s1. The molecule has 0 unspecified atom stereocenters. The topological polar surface area (TPSA) is 73.9 Å². The highest BCUT2D eigenvalue weighted by atomic mass is 35.5. The molecule has 0 bridgehead atoms. The van der Waals surface area contributed by atoms with E-state index in [0.29, 0.717) is 30.8 Å². The second-order valence-electron chi connectivity index (χ2n) is 6.09. The summed E-state index contributed by atoms with van der Waals surface area (Å²) in [5, 5.41) is 2.15. The van der Waals surface area contributed by atoms with E-state index in [9.17, 15) is 22.8 Å². The first-order chi connectivity index (χ1) is 13.6. The van der Waals surface area contributed by atoms with Crippen molar-refractivity contribution in [3.8, 4) is 11.5 Å². The summed E-state index contributed by atoms with van der Waals surface area (Å²) in [4.78, 5) is 24.5. The first-order valence-electron chi connectivity index (χ1n) is 8.43. The number of amides is 1. The van der Waals surface area contributed by atoms with Gasteiger partial charge in [0.1, 0.15) is 13.2 Å². The van der Waals surface area contributed by atoms with Crippen molar-refractivity contribution in [3.05, 3.63) is 52.5 Å². The molecule has 29 heavy (non-hydrogen) atoms. The van der Waals surface area contributed by atoms with Crippen LogP contribution < -0.4 is 14.8 Å². The lowest BCUT2D eigenvalue weighted by Gasteiger charge is -2.19. The quantitative estimate of drug-likeness (QED) is 0.733. The van der Waals surface area contributed by atoms with Gasteiger partial charge in [-0.05, 0) is 43.3 Å². The molecule has 0 saturated carbocycles. The van der Waals surface area contributed by atoms with E-state index in [4.69, 9.17) is 25.8 Å². The number of nitrogens with one attached hydrogen (secondary N) is 1. The number of ether oxygens (including phenoxy) is 3. The molecule has 10 heteroatoms. The molecule has 3 rings (SSSR count). The van der Waals surface area contributed by atoms with Crippen LogP contribution >= 0.6 is 11.6 Å². The van der Waals surface area contributed by atoms with Crippen molar-refractivity contribution >= 4 is 29.2 Å². The summed E-state index contributed by atoms with van der Waals surface area (Å²) >= 11 is 5.85. The van der Waals surface area contributed by atoms with Gasteiger partial charge in [-0.2, -0.15) is 13.2 Å². The first kappa shape index (κ1) is 20.8. The molecule has 2 aromatic rings. The Labute approximate surface area is 168 Å². The Kier molecular flexibility index (Phi) is 5.88. The Morgan fingerprint density at radius 1 is 1.10 bits per heavy atom. The summed E-state index contributed by atoms with van der Waals surface area (Å²) in [6, 6.07) is 6.93. The van der Waals surface area contributed by atoms with Crippen LogP contribution in [0.3, 0.4) is 0 Å². The number of rotatable bonds is 4. The zero-order chi connectivity index (χ0) is 21.2. The smallest absolute Gasteiger partial charge is 0.416 e. The number of hydrogen-bond acceptors (Lipinski definition) is 5. The van der Waals surface area contributed by atoms with E-state index in [-0.39, 0.29) is 16.3 Å². The van der Waals surface area contributed by atoms with Gasteiger partial charge in [0.05, 0.1) is 21.8 Å². The molecule has 1 heterocycles. The molecule has 6 nitrogen and oxygen atoms in total. The van der Waals surface area contributed by atoms with Gasteiger partial charge in [-0.15, -0.1) is 0 Å². The van der Waals surface area contributed by atoms with Crippen LogP contribution in [0, 0.1) is 0 Å². The van der Waals surface area contributed by atoms with E-state index in [2.05, 4.69) is 5.32 Å². The van der Waals surface area contributed by atoms with Crippen molar-refractivity contribution in [1.82, 2.24) is 0 Å². The number of hydrogen-bond donors (Lipinski definition) is 1. The molecular weight excluding hydrogens is 415 g/mol. The predicted molar refractivity (Wildman–Crippen MR) is 97.4 cm³/mol. The Morgan fingerprint density at radius 3 is 2.48 bits per heavy atom. The third-order valence-corrected chi connectivity index (χ3v) is 4.31. The largest absolute Gasteiger partial charge is 0.486 e. The summed E-state index contributed by atoms with van der Waals surface area (Å²) in [7, 11) is 0. The lowest BCUT2D eigenvalue weighted by molar-refractivity contribution is -0.137. The maximum Gasteiger partial charge on any atom is 0.416 e. The second kappa shape index (κ2) is 8.20. The molecule has 0 aromatic heterocycles. The Bertz CT molecular complexity index is 948. The van der Waals surface area contributed by atoms with Gasteiger partial charge in [0, 0.05) is 0 Å². The average molecular weight is 430 g/mol. The highest BCUT2D eigenvalue weighted by Gasteiger charge is 2.31. The number of fused-ring (bicyclic) bond motifs is 1. The lowest BCUT2D eigenvalue weighted by atomic mass is 10.2. The minimum atomic E-state index is -4.60. The molecule has 154 valence electrons. The highest BCUT2D eigenvalue weighted by molar-refractivity contribution is 6.33. The summed E-state index contributed by atoms with van der Waals surface area (Å²) < 4.78 is 54.3. The van der Waals surface area contributed by atoms with Crippen LogP contribution in [0.1, 0.15) is 22.8 Å². The molecule has 0 fully saturated rings. The van der Waals surface area contributed by atoms with Crippen molar-refractivity contribution in [3.63, 3.8) is 0 Å². The van der Waals surface area contributed by atoms with Crippen LogP contribution in [0.4, 0.5) is 18.9 Å². The van der Waals surface area contributed by atoms with Gasteiger partial charge in [-0.3, -0.25) is 4.79 Å². The van der Waals surface area contributed by atoms with Crippen molar-refractivity contribution in [2.45, 2.75) is 19.2 Å². The van der Waals surface area contributed by atoms with E-state index < -0.39 is 29.7 Å². The summed E-state index contributed by atoms with van der Waals surface area (Å²) in [6.07, 6.45) is -5.89. The van der Waals surface area contributed by atoms with Crippen LogP contribution in [0.15, 0.2) is 36.4 Å². The van der Waals surface area contributed by atoms with Gasteiger partial charge < -0.3 is 19.5 Å². The predicted octanol–water partition coefficient (Wildman–Crippen LogP) is 4.31. The number of esters is 1. The molecule has 0 radical (unpaired) electrons. The average Bonchev–Trinajstić information content (AvgIpc) is 2.68. The maximum absolute atomic E-state index is 12.8. The van der Waals surface area contributed by atoms with Gasteiger partial charge >= 0.3 is 12.1 Å². The number of carbonyl (C=O) groups excluding carboxylic acids is 2. The van der Waals surface area contributed by atoms with Crippen LogP contribution in [0.5, 0.6) is 11.5 Å². The Hall–Kier alpha value is -2.94. The molecule has 1 aliphatic heterocycles. The summed E-state index contributed by atoms with van der Waals surface area (Å²) in [5.41, 5.74) is -1.09. The number of benzene rings is 2. The van der Waals surface area contributed by atoms with E-state index >= 15 is 0 Å². The molecule has 0 aliphatic carbocycles. The van der Waals surface area contributed by atoms with Crippen molar-refractivity contribution in [1.29, 1.82) is 0 Å². The molecule has 2 aromatic carbocycles. The zero-order valence-corrected chi connectivity index (χ0v) is 15.8. The van der Waals surface area contributed by atoms with Gasteiger partial charge in [-0.1, -0.05) is 11.6 Å². The maximum atomic E-state index is 12.8. The van der Waals surface area contributed by atoms with E-state index in [1.807, 2.05) is 0 Å². The van der Waals surface area contributed by atoms with E-state index in [1.165, 1.54) is 25.1 Å². The second-order valence-corrected chi connectivity index (χ2v) is 6.49. The normalized spacial score (nSPS) is 14.1. The fourth-order valence-corrected chi connectivity index (χ4v) is 2.65. The Morgan fingerprint density at radius 2 is 1.79 bits per heavy atom. The number of anilines is 1. The van der Waals surface area contributed by atoms with Gasteiger partial charge in [0.15, 0.2) is 17.6 Å². The highest BCUT2D eigenvalue weighted by Crippen LogP contribution is 2.34. The van der Waals surface area contributed by atoms with Gasteiger partial charge in [-0.25, -0.2) is 4.79 Å². The number of carbonyl (C=O) groups is 2. The SMILES string of the molecule is C[C@@H](OC(=O)c1ccc2c(c1)OCCO2)C(=O)Nc1cc(C(F)(F)F)ccc1Cl. The fourth-order valence-electron chi connectivity index (χ4n) is 2.48. The Balaban J connectivity index is 1.67. The summed E-state index contributed by atoms with van der Waals surface area (Å²) in [5.74, 6) is -0.784. The molecule has 1 amide bonds. The molecular formula is C19H15ClF3NO5. The van der Waals surface area contributed by atoms with Crippen molar-refractivity contribution < 1.29 is 37.0 Å². The van der Waals surface area contributed by atoms with E-state index in [1.54, 1.807) is 0 Å². The minimum Gasteiger partial charge on any atom is -0.486 e. The van der Waals surface area contributed by atoms with Crippen LogP contribution in [-0.4, -0.2) is 31.2 Å². The van der Waals surface area contributed by atoms with Crippen LogP contribution in [0.25, 0.3) is 0 Å². The molecule has 1 atom stereocenters. The number of halogens is 4. The van der Waals surface area contributed by atoms with Crippen LogP contribution in [-0.2, 0) is 15.7 Å². The van der Waals surface area contributed by atoms with Gasteiger partial charge in [0.2, 0.25) is 0 Å². The van der Waals surface area contributed by atoms with Crippen molar-refractivity contribution in [2.24, 2.45) is 0 Å². The first-order valence-corrected chi connectivity index (χ1v) is 8.81. The monoisotopic (exact) mass is 429 g/mol. The number of alkyl halides is 3. The third-order valence-electron chi connectivity index (χ3n) is 3.98. The van der Waals surface area contributed by atoms with Gasteiger partial charge in [0.25, 0.3) is 5.91 Å². The molecule has 1 aliphatic rings. The van der Waals surface area contributed by atoms with E-state index in [0.717, 1.165) is 12.1 Å². The fraction of sp³-hybridized carbons (Fsp3) is 0.263. The molecule has 0 saturated heterocycles. The third kappa shape index (κ3) is 4.92. The minimum absolute atomic E-state index is 0.0864. The molecule has 0 spiro atoms. The van der Waals surface area contributed by atoms with Crippen LogP contribution in [0.2, 0.25) is 5.02 Å². The molecule has 1 N–H and O–H groups in total. The lowest BCUT2D eigenvalue weighted by Crippen LogP contribution is -2.30. The van der Waals surface area contributed by atoms with Crippen molar-refractivity contribution in [2.75, 3.05) is 18.5 Å². The summed E-state index contributed by atoms with van der Waals surface area (Å²) in [6.45, 7) is 2.01.